The predicted molar refractivity (Wildman–Crippen MR) is 80.6 cm³/mol. The molecule has 3 nitrogen and oxygen atoms in total. The Morgan fingerprint density at radius 3 is 2.16 bits per heavy atom. The molecule has 0 fully saturated rings. The second kappa shape index (κ2) is 5.39. The van der Waals surface area contributed by atoms with Crippen molar-refractivity contribution in [1.29, 1.82) is 0 Å². The monoisotopic (exact) mass is 255 g/mol. The lowest BCUT2D eigenvalue weighted by Crippen LogP contribution is -2.04. The first-order chi connectivity index (χ1) is 9.05. The van der Waals surface area contributed by atoms with E-state index in [0.717, 1.165) is 29.3 Å². The topological polar surface area (TPSA) is 37.8 Å². The molecule has 2 rings (SSSR count). The molecule has 1 aromatic carbocycles. The van der Waals surface area contributed by atoms with Gasteiger partial charge in [-0.05, 0) is 32.9 Å². The fraction of sp³-hybridized carbons (Fsp3) is 0.375. The van der Waals surface area contributed by atoms with Gasteiger partial charge >= 0.3 is 0 Å². The molecule has 0 aliphatic heterocycles. The second-order valence-corrected chi connectivity index (χ2v) is 4.94. The van der Waals surface area contributed by atoms with Crippen LogP contribution in [0.15, 0.2) is 18.2 Å². The molecule has 1 N–H and O–H groups in total. The Balaban J connectivity index is 2.66. The average Bonchev–Trinajstić information content (AvgIpc) is 2.37. The van der Waals surface area contributed by atoms with Crippen LogP contribution in [0.5, 0.6) is 0 Å². The highest BCUT2D eigenvalue weighted by molar-refractivity contribution is 5.69. The highest BCUT2D eigenvalue weighted by atomic mass is 15.0. The Bertz CT molecular complexity index is 583. The van der Waals surface area contributed by atoms with E-state index in [2.05, 4.69) is 56.2 Å². The van der Waals surface area contributed by atoms with Gasteiger partial charge in [-0.1, -0.05) is 24.1 Å². The molecule has 1 heterocycles. The van der Waals surface area contributed by atoms with Gasteiger partial charge in [-0.15, -0.1) is 0 Å². The van der Waals surface area contributed by atoms with Crippen molar-refractivity contribution in [2.24, 2.45) is 0 Å². The molecule has 3 heteroatoms. The largest absolute Gasteiger partial charge is 0.373 e. The summed E-state index contributed by atoms with van der Waals surface area (Å²) >= 11 is 0. The zero-order valence-electron chi connectivity index (χ0n) is 12.3. The summed E-state index contributed by atoms with van der Waals surface area (Å²) in [5.41, 5.74) is 5.82. The number of hydrogen-bond acceptors (Lipinski definition) is 3. The van der Waals surface area contributed by atoms with E-state index in [9.17, 15) is 0 Å². The maximum atomic E-state index is 4.70. The lowest BCUT2D eigenvalue weighted by atomic mass is 10.0. The fourth-order valence-corrected chi connectivity index (χ4v) is 2.36. The van der Waals surface area contributed by atoms with Crippen LogP contribution < -0.4 is 5.32 Å². The minimum Gasteiger partial charge on any atom is -0.373 e. The van der Waals surface area contributed by atoms with Gasteiger partial charge in [-0.2, -0.15) is 0 Å². The summed E-state index contributed by atoms with van der Waals surface area (Å²) in [6, 6.07) is 6.54. The fourth-order valence-electron chi connectivity index (χ4n) is 2.36. The van der Waals surface area contributed by atoms with Crippen molar-refractivity contribution >= 4 is 5.82 Å². The SMILES string of the molecule is CCc1nc(NC)c(C)c(-c2cc(C)cc(C)c2)n1. The highest BCUT2D eigenvalue weighted by Crippen LogP contribution is 2.27. The maximum Gasteiger partial charge on any atom is 0.132 e. The summed E-state index contributed by atoms with van der Waals surface area (Å²) < 4.78 is 0. The van der Waals surface area contributed by atoms with E-state index in [4.69, 9.17) is 4.98 Å². The molecule has 100 valence electrons. The van der Waals surface area contributed by atoms with E-state index in [1.165, 1.54) is 16.7 Å². The van der Waals surface area contributed by atoms with E-state index in [1.54, 1.807) is 0 Å². The molecular formula is C16H21N3. The predicted octanol–water partition coefficient (Wildman–Crippen LogP) is 3.67. The number of aryl methyl sites for hydroxylation is 3. The summed E-state index contributed by atoms with van der Waals surface area (Å²) in [7, 11) is 1.90. The van der Waals surface area contributed by atoms with Crippen LogP contribution in [-0.4, -0.2) is 17.0 Å². The van der Waals surface area contributed by atoms with Crippen LogP contribution in [0.4, 0.5) is 5.82 Å². The number of benzene rings is 1. The third kappa shape index (κ3) is 2.75. The second-order valence-electron chi connectivity index (χ2n) is 4.94. The number of nitrogens with zero attached hydrogens (tertiary/aromatic N) is 2. The number of rotatable bonds is 3. The van der Waals surface area contributed by atoms with Crippen molar-refractivity contribution in [1.82, 2.24) is 9.97 Å². The molecule has 0 amide bonds. The molecule has 0 saturated heterocycles. The number of aromatic nitrogens is 2. The molecule has 0 unspecified atom stereocenters. The lowest BCUT2D eigenvalue weighted by molar-refractivity contribution is 0.935. The zero-order chi connectivity index (χ0) is 14.0. The van der Waals surface area contributed by atoms with Crippen LogP contribution in [-0.2, 0) is 6.42 Å². The molecule has 0 spiro atoms. The van der Waals surface area contributed by atoms with Gasteiger partial charge in [0.15, 0.2) is 0 Å². The van der Waals surface area contributed by atoms with Crippen molar-refractivity contribution in [3.63, 3.8) is 0 Å². The molecule has 1 aromatic heterocycles. The van der Waals surface area contributed by atoms with Gasteiger partial charge in [0.2, 0.25) is 0 Å². The maximum absolute atomic E-state index is 4.70. The van der Waals surface area contributed by atoms with E-state index >= 15 is 0 Å². The Morgan fingerprint density at radius 1 is 1.00 bits per heavy atom. The van der Waals surface area contributed by atoms with Crippen molar-refractivity contribution in [2.75, 3.05) is 12.4 Å². The number of nitrogens with one attached hydrogen (secondary N) is 1. The zero-order valence-corrected chi connectivity index (χ0v) is 12.3. The van der Waals surface area contributed by atoms with E-state index in [1.807, 2.05) is 7.05 Å². The van der Waals surface area contributed by atoms with Crippen LogP contribution in [0, 0.1) is 20.8 Å². The molecular weight excluding hydrogens is 234 g/mol. The van der Waals surface area contributed by atoms with Gasteiger partial charge < -0.3 is 5.32 Å². The Labute approximate surface area is 115 Å². The standard InChI is InChI=1S/C16H21N3/c1-6-14-18-15(12(4)16(17-5)19-14)13-8-10(2)7-11(3)9-13/h7-9H,6H2,1-5H3,(H,17,18,19). The van der Waals surface area contributed by atoms with Crippen LogP contribution in [0.25, 0.3) is 11.3 Å². The van der Waals surface area contributed by atoms with Crippen LogP contribution in [0.2, 0.25) is 0 Å². The minimum absolute atomic E-state index is 0.840. The third-order valence-corrected chi connectivity index (χ3v) is 3.24. The summed E-state index contributed by atoms with van der Waals surface area (Å²) in [4.78, 5) is 9.22. The van der Waals surface area contributed by atoms with Gasteiger partial charge in [0.1, 0.15) is 11.6 Å². The van der Waals surface area contributed by atoms with Crippen molar-refractivity contribution in [3.05, 3.63) is 40.7 Å². The highest BCUT2D eigenvalue weighted by Gasteiger charge is 2.11. The van der Waals surface area contributed by atoms with Crippen molar-refractivity contribution < 1.29 is 0 Å². The Kier molecular flexibility index (Phi) is 3.84. The molecule has 0 aliphatic carbocycles. The quantitative estimate of drug-likeness (QED) is 0.909. The van der Waals surface area contributed by atoms with Crippen molar-refractivity contribution in [2.45, 2.75) is 34.1 Å². The summed E-state index contributed by atoms with van der Waals surface area (Å²) in [6.45, 7) is 8.38. The lowest BCUT2D eigenvalue weighted by Gasteiger charge is -2.13. The van der Waals surface area contributed by atoms with Gasteiger partial charge in [-0.25, -0.2) is 9.97 Å². The van der Waals surface area contributed by atoms with Crippen LogP contribution >= 0.6 is 0 Å². The summed E-state index contributed by atoms with van der Waals surface area (Å²) in [5, 5.41) is 3.16. The van der Waals surface area contributed by atoms with Crippen LogP contribution in [0.1, 0.15) is 29.4 Å². The molecule has 19 heavy (non-hydrogen) atoms. The Morgan fingerprint density at radius 2 is 1.63 bits per heavy atom. The van der Waals surface area contributed by atoms with Crippen LogP contribution in [0.3, 0.4) is 0 Å². The minimum atomic E-state index is 0.840. The molecule has 0 saturated carbocycles. The first-order valence-electron chi connectivity index (χ1n) is 6.69. The molecule has 0 atom stereocenters. The summed E-state index contributed by atoms with van der Waals surface area (Å²) in [5.74, 6) is 1.80. The molecule has 0 aliphatic rings. The third-order valence-electron chi connectivity index (χ3n) is 3.24. The van der Waals surface area contributed by atoms with Crippen molar-refractivity contribution in [3.8, 4) is 11.3 Å². The van der Waals surface area contributed by atoms with E-state index < -0.39 is 0 Å². The number of anilines is 1. The van der Waals surface area contributed by atoms with Gasteiger partial charge in [-0.3, -0.25) is 0 Å². The van der Waals surface area contributed by atoms with Gasteiger partial charge in [0.05, 0.1) is 5.69 Å². The molecule has 0 bridgehead atoms. The summed E-state index contributed by atoms with van der Waals surface area (Å²) in [6.07, 6.45) is 0.840. The molecule has 2 aromatic rings. The first kappa shape index (κ1) is 13.5. The Hall–Kier alpha value is -1.90. The normalized spacial score (nSPS) is 10.6. The first-order valence-corrected chi connectivity index (χ1v) is 6.69. The molecule has 0 radical (unpaired) electrons. The van der Waals surface area contributed by atoms with E-state index in [0.29, 0.717) is 0 Å². The number of hydrogen-bond donors (Lipinski definition) is 1. The average molecular weight is 255 g/mol. The van der Waals surface area contributed by atoms with Gasteiger partial charge in [0, 0.05) is 24.6 Å². The van der Waals surface area contributed by atoms with E-state index in [-0.39, 0.29) is 0 Å². The van der Waals surface area contributed by atoms with Gasteiger partial charge in [0.25, 0.3) is 0 Å². The smallest absolute Gasteiger partial charge is 0.132 e.